The van der Waals surface area contributed by atoms with E-state index in [0.29, 0.717) is 0 Å². The van der Waals surface area contributed by atoms with Crippen molar-refractivity contribution in [3.05, 3.63) is 70.4 Å². The van der Waals surface area contributed by atoms with E-state index in [-0.39, 0.29) is 12.5 Å². The van der Waals surface area contributed by atoms with Gasteiger partial charge in [0.15, 0.2) is 0 Å². The van der Waals surface area contributed by atoms with Crippen molar-refractivity contribution >= 4 is 28.0 Å². The molecule has 26 heavy (non-hydrogen) atoms. The Morgan fingerprint density at radius 2 is 1.85 bits per heavy atom. The van der Waals surface area contributed by atoms with Crippen molar-refractivity contribution in [1.29, 1.82) is 0 Å². The molecule has 2 N–H and O–H groups in total. The first-order valence-electron chi connectivity index (χ1n) is 9.19. The van der Waals surface area contributed by atoms with Gasteiger partial charge in [0.1, 0.15) is 0 Å². The number of aliphatic hydroxyl groups excluding tert-OH is 1. The average molecular weight is 365 g/mol. The van der Waals surface area contributed by atoms with E-state index in [4.69, 9.17) is 0 Å². The van der Waals surface area contributed by atoms with Crippen molar-refractivity contribution in [3.8, 4) is 0 Å². The summed E-state index contributed by atoms with van der Waals surface area (Å²) in [5, 5.41) is 17.9. The number of thiophene rings is 1. The smallest absolute Gasteiger partial charge is 0.231 e. The maximum atomic E-state index is 13.0. The maximum Gasteiger partial charge on any atom is 0.231 e. The lowest BCUT2D eigenvalue weighted by molar-refractivity contribution is -0.127. The molecule has 3 nitrogen and oxygen atoms in total. The topological polar surface area (TPSA) is 49.3 Å². The molecule has 0 bridgehead atoms. The molecular formula is C22H23NO2S. The van der Waals surface area contributed by atoms with Gasteiger partial charge in [-0.1, -0.05) is 61.4 Å². The fraction of sp³-hybridized carbons (Fsp3) is 0.318. The van der Waals surface area contributed by atoms with Crippen LogP contribution in [0.25, 0.3) is 10.8 Å². The standard InChI is InChI=1S/C22H23NO2S/c24-19(18-10-5-8-16-7-1-2-9-17(16)18)15-23-21(25)22(12-3-4-13-22)20-11-6-14-26-20/h1-2,5-11,14,19,24H,3-4,12-13,15H2,(H,23,25)/t19-/m0/s1. The highest BCUT2D eigenvalue weighted by Crippen LogP contribution is 2.43. The number of fused-ring (bicyclic) bond motifs is 1. The summed E-state index contributed by atoms with van der Waals surface area (Å²) in [6.07, 6.45) is 3.23. The zero-order valence-electron chi connectivity index (χ0n) is 14.7. The van der Waals surface area contributed by atoms with Gasteiger partial charge in [-0.2, -0.15) is 0 Å². The minimum Gasteiger partial charge on any atom is -0.387 e. The Labute approximate surface area is 157 Å². The van der Waals surface area contributed by atoms with Crippen LogP contribution in [0.1, 0.15) is 42.2 Å². The van der Waals surface area contributed by atoms with Gasteiger partial charge in [-0.05, 0) is 40.6 Å². The predicted molar refractivity (Wildman–Crippen MR) is 106 cm³/mol. The van der Waals surface area contributed by atoms with E-state index < -0.39 is 11.5 Å². The van der Waals surface area contributed by atoms with E-state index in [1.807, 2.05) is 53.9 Å². The Bertz CT molecular complexity index is 892. The maximum absolute atomic E-state index is 13.0. The quantitative estimate of drug-likeness (QED) is 0.696. The van der Waals surface area contributed by atoms with Gasteiger partial charge in [-0.25, -0.2) is 0 Å². The number of carbonyl (C=O) groups excluding carboxylic acids is 1. The van der Waals surface area contributed by atoms with Gasteiger partial charge in [-0.3, -0.25) is 4.79 Å². The van der Waals surface area contributed by atoms with Crippen LogP contribution in [0.4, 0.5) is 0 Å². The van der Waals surface area contributed by atoms with Crippen LogP contribution in [-0.4, -0.2) is 17.6 Å². The fourth-order valence-corrected chi connectivity index (χ4v) is 5.11. The molecule has 4 heteroatoms. The predicted octanol–water partition coefficient (Wildman–Crippen LogP) is 4.56. The molecule has 0 saturated heterocycles. The third kappa shape index (κ3) is 3.04. The van der Waals surface area contributed by atoms with Gasteiger partial charge in [0, 0.05) is 11.4 Å². The molecule has 134 valence electrons. The number of nitrogens with one attached hydrogen (secondary N) is 1. The molecule has 1 aliphatic carbocycles. The van der Waals surface area contributed by atoms with E-state index in [9.17, 15) is 9.90 Å². The minimum absolute atomic E-state index is 0.0525. The lowest BCUT2D eigenvalue weighted by atomic mass is 9.83. The van der Waals surface area contributed by atoms with Crippen molar-refractivity contribution in [1.82, 2.24) is 5.32 Å². The summed E-state index contributed by atoms with van der Waals surface area (Å²) < 4.78 is 0. The molecule has 4 rings (SSSR count). The zero-order valence-corrected chi connectivity index (χ0v) is 15.5. The van der Waals surface area contributed by atoms with Crippen molar-refractivity contribution in [3.63, 3.8) is 0 Å². The minimum atomic E-state index is -0.716. The lowest BCUT2D eigenvalue weighted by Crippen LogP contribution is -2.43. The molecule has 0 radical (unpaired) electrons. The first-order valence-corrected chi connectivity index (χ1v) is 10.1. The Kier molecular flexibility index (Phi) is 4.79. The number of hydrogen-bond acceptors (Lipinski definition) is 3. The Morgan fingerprint density at radius 3 is 2.62 bits per heavy atom. The van der Waals surface area contributed by atoms with Crippen molar-refractivity contribution in [2.75, 3.05) is 6.54 Å². The average Bonchev–Trinajstić information content (AvgIpc) is 3.37. The van der Waals surface area contributed by atoms with Crippen LogP contribution in [0, 0.1) is 0 Å². The number of rotatable bonds is 5. The third-order valence-electron chi connectivity index (χ3n) is 5.52. The Morgan fingerprint density at radius 1 is 1.08 bits per heavy atom. The van der Waals surface area contributed by atoms with Gasteiger partial charge in [0.05, 0.1) is 11.5 Å². The van der Waals surface area contributed by atoms with Crippen LogP contribution in [0.3, 0.4) is 0 Å². The van der Waals surface area contributed by atoms with Crippen LogP contribution >= 0.6 is 11.3 Å². The SMILES string of the molecule is O=C(NC[C@H](O)c1cccc2ccccc12)C1(c2cccs2)CCCC1. The normalized spacial score (nSPS) is 17.3. The second kappa shape index (κ2) is 7.22. The van der Waals surface area contributed by atoms with Gasteiger partial charge >= 0.3 is 0 Å². The Balaban J connectivity index is 1.52. The number of amides is 1. The highest BCUT2D eigenvalue weighted by atomic mass is 32.1. The van der Waals surface area contributed by atoms with Gasteiger partial charge in [0.2, 0.25) is 5.91 Å². The lowest BCUT2D eigenvalue weighted by Gasteiger charge is -2.27. The summed E-state index contributed by atoms with van der Waals surface area (Å²) in [6.45, 7) is 0.236. The summed E-state index contributed by atoms with van der Waals surface area (Å²) >= 11 is 1.66. The number of aliphatic hydroxyl groups is 1. The molecule has 1 saturated carbocycles. The number of benzene rings is 2. The highest BCUT2D eigenvalue weighted by molar-refractivity contribution is 7.10. The second-order valence-corrected chi connectivity index (χ2v) is 8.01. The summed E-state index contributed by atoms with van der Waals surface area (Å²) in [6, 6.07) is 18.0. The molecule has 2 aromatic carbocycles. The largest absolute Gasteiger partial charge is 0.387 e. The number of hydrogen-bond donors (Lipinski definition) is 2. The fourth-order valence-electron chi connectivity index (χ4n) is 4.12. The molecule has 1 heterocycles. The molecule has 1 aliphatic rings. The third-order valence-corrected chi connectivity index (χ3v) is 6.60. The van der Waals surface area contributed by atoms with E-state index in [1.54, 1.807) is 11.3 Å². The zero-order chi connectivity index (χ0) is 18.0. The van der Waals surface area contributed by atoms with Crippen LogP contribution in [0.5, 0.6) is 0 Å². The van der Waals surface area contributed by atoms with E-state index in [1.165, 1.54) is 0 Å². The van der Waals surface area contributed by atoms with Gasteiger partial charge < -0.3 is 10.4 Å². The molecule has 1 atom stereocenters. The van der Waals surface area contributed by atoms with E-state index >= 15 is 0 Å². The second-order valence-electron chi connectivity index (χ2n) is 7.06. The summed E-state index contributed by atoms with van der Waals surface area (Å²) in [5.41, 5.74) is 0.451. The Hall–Kier alpha value is -2.17. The van der Waals surface area contributed by atoms with Crippen LogP contribution in [-0.2, 0) is 10.2 Å². The van der Waals surface area contributed by atoms with Crippen molar-refractivity contribution in [2.24, 2.45) is 0 Å². The molecule has 3 aromatic rings. The summed E-state index contributed by atoms with van der Waals surface area (Å²) in [5.74, 6) is 0.0525. The number of carbonyl (C=O) groups is 1. The van der Waals surface area contributed by atoms with E-state index in [2.05, 4.69) is 11.4 Å². The van der Waals surface area contributed by atoms with Crippen molar-refractivity contribution in [2.45, 2.75) is 37.2 Å². The van der Waals surface area contributed by atoms with Crippen LogP contribution in [0.2, 0.25) is 0 Å². The van der Waals surface area contributed by atoms with Crippen LogP contribution in [0.15, 0.2) is 60.0 Å². The van der Waals surface area contributed by atoms with E-state index in [0.717, 1.165) is 46.9 Å². The van der Waals surface area contributed by atoms with Crippen LogP contribution < -0.4 is 5.32 Å². The van der Waals surface area contributed by atoms with Gasteiger partial charge in [-0.15, -0.1) is 11.3 Å². The molecule has 1 aromatic heterocycles. The molecule has 0 spiro atoms. The summed E-state index contributed by atoms with van der Waals surface area (Å²) in [4.78, 5) is 14.2. The van der Waals surface area contributed by atoms with Gasteiger partial charge in [0.25, 0.3) is 0 Å². The molecule has 1 fully saturated rings. The summed E-state index contributed by atoms with van der Waals surface area (Å²) in [7, 11) is 0. The molecular weight excluding hydrogens is 342 g/mol. The van der Waals surface area contributed by atoms with Crippen molar-refractivity contribution < 1.29 is 9.90 Å². The monoisotopic (exact) mass is 365 g/mol. The highest BCUT2D eigenvalue weighted by Gasteiger charge is 2.43. The molecule has 1 amide bonds. The first-order chi connectivity index (χ1) is 12.7. The first kappa shape index (κ1) is 17.3. The molecule has 0 aliphatic heterocycles. The molecule has 0 unspecified atom stereocenters.